The third kappa shape index (κ3) is 4.73. The number of β-amino-alcohol motifs (C(OH)–C–C–N with tert-alkyl or cyclic N) is 1. The van der Waals surface area contributed by atoms with Crippen LogP contribution in [-0.4, -0.2) is 49.7 Å². The molecule has 1 saturated heterocycles. The maximum Gasteiger partial charge on any atom is 0.243 e. The van der Waals surface area contributed by atoms with Crippen LogP contribution in [0.4, 0.5) is 0 Å². The molecule has 5 nitrogen and oxygen atoms in total. The molecule has 1 aliphatic heterocycles. The van der Waals surface area contributed by atoms with Crippen LogP contribution >= 0.6 is 0 Å². The second kappa shape index (κ2) is 9.27. The molecular formula is C24H27NO4S. The fourth-order valence-corrected chi connectivity index (χ4v) is 5.71. The summed E-state index contributed by atoms with van der Waals surface area (Å²) in [6, 6.07) is 22.7. The van der Waals surface area contributed by atoms with E-state index in [1.54, 1.807) is 12.1 Å². The molecular weight excluding hydrogens is 398 g/mol. The summed E-state index contributed by atoms with van der Waals surface area (Å²) in [5.41, 5.74) is 1.26. The first-order valence-corrected chi connectivity index (χ1v) is 11.8. The average molecular weight is 426 g/mol. The first-order valence-electron chi connectivity index (χ1n) is 10.3. The summed E-state index contributed by atoms with van der Waals surface area (Å²) < 4.78 is 33.7. The summed E-state index contributed by atoms with van der Waals surface area (Å²) in [4.78, 5) is 0.254. The van der Waals surface area contributed by atoms with Gasteiger partial charge in [0.25, 0.3) is 0 Å². The first kappa shape index (κ1) is 21.0. The topological polar surface area (TPSA) is 66.8 Å². The molecule has 2 unspecified atom stereocenters. The second-order valence-electron chi connectivity index (χ2n) is 7.79. The monoisotopic (exact) mass is 425 g/mol. The smallest absolute Gasteiger partial charge is 0.243 e. The standard InChI is InChI=1S/C24H27NO4S/c26-23-16-22(18-29-14-6-9-19-7-2-1-3-8-19)25(17-23)30(27,28)24-13-12-20-10-4-5-11-21(20)15-24/h1-5,7-8,10-13,15,22-23,26H,6,9,14,16-18H2. The molecule has 0 aromatic heterocycles. The highest BCUT2D eigenvalue weighted by Gasteiger charge is 2.39. The lowest BCUT2D eigenvalue weighted by Crippen LogP contribution is -2.38. The van der Waals surface area contributed by atoms with E-state index >= 15 is 0 Å². The van der Waals surface area contributed by atoms with Crippen molar-refractivity contribution in [3.63, 3.8) is 0 Å². The van der Waals surface area contributed by atoms with Gasteiger partial charge in [0.1, 0.15) is 0 Å². The summed E-state index contributed by atoms with van der Waals surface area (Å²) in [6.45, 7) is 0.956. The summed E-state index contributed by atoms with van der Waals surface area (Å²) >= 11 is 0. The van der Waals surface area contributed by atoms with Crippen molar-refractivity contribution in [2.45, 2.75) is 36.3 Å². The number of ether oxygens (including phenoxy) is 1. The Labute approximate surface area is 178 Å². The predicted octanol–water partition coefficient (Wildman–Crippen LogP) is 3.61. The molecule has 3 aromatic rings. The molecule has 1 aliphatic rings. The maximum atomic E-state index is 13.3. The third-order valence-corrected chi connectivity index (χ3v) is 7.49. The van der Waals surface area contributed by atoms with Crippen molar-refractivity contribution in [2.24, 2.45) is 0 Å². The average Bonchev–Trinajstić information content (AvgIpc) is 3.15. The molecule has 0 saturated carbocycles. The van der Waals surface area contributed by atoms with Crippen molar-refractivity contribution >= 4 is 20.8 Å². The molecule has 4 rings (SSSR count). The van der Waals surface area contributed by atoms with Gasteiger partial charge in [-0.1, -0.05) is 60.7 Å². The van der Waals surface area contributed by atoms with E-state index in [0.717, 1.165) is 23.6 Å². The van der Waals surface area contributed by atoms with Crippen molar-refractivity contribution in [2.75, 3.05) is 19.8 Å². The van der Waals surface area contributed by atoms with Crippen LogP contribution in [0.3, 0.4) is 0 Å². The van der Waals surface area contributed by atoms with E-state index in [-0.39, 0.29) is 17.5 Å². The number of hydrogen-bond acceptors (Lipinski definition) is 4. The molecule has 3 aromatic carbocycles. The Bertz CT molecular complexity index is 1080. The highest BCUT2D eigenvalue weighted by atomic mass is 32.2. The lowest BCUT2D eigenvalue weighted by atomic mass is 10.1. The van der Waals surface area contributed by atoms with Gasteiger partial charge in [0.2, 0.25) is 10.0 Å². The number of sulfonamides is 1. The van der Waals surface area contributed by atoms with Gasteiger partial charge in [0, 0.05) is 13.2 Å². The Hall–Kier alpha value is -2.25. The molecule has 1 fully saturated rings. The SMILES string of the molecule is O=S(=O)(c1ccc2ccccc2c1)N1CC(O)CC1COCCCc1ccccc1. The van der Waals surface area contributed by atoms with Crippen LogP contribution < -0.4 is 0 Å². The van der Waals surface area contributed by atoms with Gasteiger partial charge in [0.05, 0.1) is 23.6 Å². The Morgan fingerprint density at radius 3 is 2.50 bits per heavy atom. The predicted molar refractivity (Wildman–Crippen MR) is 118 cm³/mol. The van der Waals surface area contributed by atoms with Gasteiger partial charge in [0.15, 0.2) is 0 Å². The minimum Gasteiger partial charge on any atom is -0.392 e. The fourth-order valence-electron chi connectivity index (χ4n) is 4.01. The Morgan fingerprint density at radius 1 is 0.967 bits per heavy atom. The van der Waals surface area contributed by atoms with Gasteiger partial charge in [-0.2, -0.15) is 4.31 Å². The summed E-state index contributed by atoms with van der Waals surface area (Å²) in [5.74, 6) is 0. The van der Waals surface area contributed by atoms with Crippen LogP contribution in [0, 0.1) is 0 Å². The number of nitrogens with zero attached hydrogens (tertiary/aromatic N) is 1. The van der Waals surface area contributed by atoms with E-state index in [4.69, 9.17) is 4.74 Å². The van der Waals surface area contributed by atoms with Gasteiger partial charge < -0.3 is 9.84 Å². The van der Waals surface area contributed by atoms with Crippen LogP contribution in [-0.2, 0) is 21.2 Å². The number of benzene rings is 3. The molecule has 0 spiro atoms. The Morgan fingerprint density at radius 2 is 1.70 bits per heavy atom. The lowest BCUT2D eigenvalue weighted by Gasteiger charge is -2.24. The number of hydrogen-bond donors (Lipinski definition) is 1. The van der Waals surface area contributed by atoms with E-state index in [2.05, 4.69) is 12.1 Å². The third-order valence-electron chi connectivity index (χ3n) is 5.58. The van der Waals surface area contributed by atoms with E-state index in [9.17, 15) is 13.5 Å². The molecule has 0 radical (unpaired) electrons. The van der Waals surface area contributed by atoms with Crippen LogP contribution in [0.25, 0.3) is 10.8 Å². The van der Waals surface area contributed by atoms with Crippen LogP contribution in [0.1, 0.15) is 18.4 Å². The first-order chi connectivity index (χ1) is 14.5. The largest absolute Gasteiger partial charge is 0.392 e. The minimum absolute atomic E-state index is 0.104. The zero-order chi connectivity index (χ0) is 21.0. The maximum absolute atomic E-state index is 13.3. The summed E-state index contributed by atoms with van der Waals surface area (Å²) in [7, 11) is -3.70. The van der Waals surface area contributed by atoms with Gasteiger partial charge >= 0.3 is 0 Å². The number of fused-ring (bicyclic) bond motifs is 1. The molecule has 2 atom stereocenters. The van der Waals surface area contributed by atoms with Crippen LogP contribution in [0.15, 0.2) is 77.7 Å². The zero-order valence-electron chi connectivity index (χ0n) is 16.9. The lowest BCUT2D eigenvalue weighted by molar-refractivity contribution is 0.0958. The van der Waals surface area contributed by atoms with Crippen molar-refractivity contribution in [1.82, 2.24) is 4.31 Å². The molecule has 6 heteroatoms. The molecule has 0 aliphatic carbocycles. The van der Waals surface area contributed by atoms with Gasteiger partial charge in [-0.15, -0.1) is 0 Å². The molecule has 0 amide bonds. The molecule has 0 bridgehead atoms. The van der Waals surface area contributed by atoms with E-state index < -0.39 is 16.1 Å². The summed E-state index contributed by atoms with van der Waals surface area (Å²) in [6.07, 6.45) is 1.52. The molecule has 1 heterocycles. The normalized spacial score (nSPS) is 20.0. The van der Waals surface area contributed by atoms with E-state index in [0.29, 0.717) is 19.6 Å². The van der Waals surface area contributed by atoms with E-state index in [1.165, 1.54) is 9.87 Å². The number of rotatable bonds is 8. The van der Waals surface area contributed by atoms with Gasteiger partial charge in [-0.25, -0.2) is 8.42 Å². The summed E-state index contributed by atoms with van der Waals surface area (Å²) in [5, 5.41) is 12.0. The molecule has 1 N–H and O–H groups in total. The minimum atomic E-state index is -3.70. The van der Waals surface area contributed by atoms with Crippen molar-refractivity contribution in [3.8, 4) is 0 Å². The Kier molecular flexibility index (Phi) is 6.49. The Balaban J connectivity index is 1.39. The van der Waals surface area contributed by atoms with Crippen molar-refractivity contribution in [1.29, 1.82) is 0 Å². The highest BCUT2D eigenvalue weighted by Crippen LogP contribution is 2.28. The molecule has 30 heavy (non-hydrogen) atoms. The van der Waals surface area contributed by atoms with Crippen LogP contribution in [0.5, 0.6) is 0 Å². The zero-order valence-corrected chi connectivity index (χ0v) is 17.7. The fraction of sp³-hybridized carbons (Fsp3) is 0.333. The van der Waals surface area contributed by atoms with Crippen molar-refractivity contribution < 1.29 is 18.3 Å². The quantitative estimate of drug-likeness (QED) is 0.560. The van der Waals surface area contributed by atoms with E-state index in [1.807, 2.05) is 48.5 Å². The van der Waals surface area contributed by atoms with Crippen molar-refractivity contribution in [3.05, 3.63) is 78.4 Å². The highest BCUT2D eigenvalue weighted by molar-refractivity contribution is 7.89. The van der Waals surface area contributed by atoms with Crippen LogP contribution in [0.2, 0.25) is 0 Å². The second-order valence-corrected chi connectivity index (χ2v) is 9.68. The van der Waals surface area contributed by atoms with Gasteiger partial charge in [-0.05, 0) is 47.7 Å². The molecule has 158 valence electrons. The number of aliphatic hydroxyl groups is 1. The van der Waals surface area contributed by atoms with Gasteiger partial charge in [-0.3, -0.25) is 0 Å². The number of aryl methyl sites for hydroxylation is 1. The number of aliphatic hydroxyl groups excluding tert-OH is 1.